The van der Waals surface area contributed by atoms with Crippen molar-refractivity contribution in [3.63, 3.8) is 0 Å². The first-order chi connectivity index (χ1) is 12.7. The molecule has 3 heterocycles. The molecule has 0 saturated heterocycles. The number of anilines is 1. The van der Waals surface area contributed by atoms with Crippen LogP contribution >= 0.6 is 11.3 Å². The molecule has 132 valence electrons. The Morgan fingerprint density at radius 3 is 2.88 bits per heavy atom. The van der Waals surface area contributed by atoms with Crippen LogP contribution in [0.1, 0.15) is 20.9 Å². The maximum atomic E-state index is 12.7. The molecule has 0 radical (unpaired) electrons. The second-order valence-electron chi connectivity index (χ2n) is 6.12. The minimum absolute atomic E-state index is 0.0807. The van der Waals surface area contributed by atoms with Crippen LogP contribution in [0, 0.1) is 6.92 Å². The van der Waals surface area contributed by atoms with Gasteiger partial charge in [-0.25, -0.2) is 4.98 Å². The smallest absolute Gasteiger partial charge is 0.263 e. The zero-order chi connectivity index (χ0) is 18.1. The molecule has 0 saturated carbocycles. The fraction of sp³-hybridized carbons (Fsp3) is 0.200. The second kappa shape index (κ2) is 6.80. The number of para-hydroxylation sites is 1. The summed E-state index contributed by atoms with van der Waals surface area (Å²) in [5, 5.41) is 8.23. The number of hydrogen-bond acceptors (Lipinski definition) is 5. The Morgan fingerprint density at radius 2 is 2.04 bits per heavy atom. The van der Waals surface area contributed by atoms with E-state index in [4.69, 9.17) is 4.42 Å². The van der Waals surface area contributed by atoms with E-state index in [1.165, 1.54) is 11.3 Å². The number of aromatic nitrogens is 1. The fourth-order valence-electron chi connectivity index (χ4n) is 3.10. The van der Waals surface area contributed by atoms with Gasteiger partial charge in [-0.3, -0.25) is 4.79 Å². The van der Waals surface area contributed by atoms with Gasteiger partial charge in [-0.05, 0) is 37.1 Å². The number of hydrogen-bond donors (Lipinski definition) is 2. The number of amides is 1. The Hall–Kier alpha value is -2.86. The van der Waals surface area contributed by atoms with E-state index >= 15 is 0 Å². The summed E-state index contributed by atoms with van der Waals surface area (Å²) in [6, 6.07) is 11.9. The molecule has 0 bridgehead atoms. The summed E-state index contributed by atoms with van der Waals surface area (Å²) < 4.78 is 5.55. The maximum absolute atomic E-state index is 12.7. The van der Waals surface area contributed by atoms with Crippen LogP contribution in [0.15, 0.2) is 47.1 Å². The van der Waals surface area contributed by atoms with Gasteiger partial charge in [-0.15, -0.1) is 11.3 Å². The summed E-state index contributed by atoms with van der Waals surface area (Å²) in [5.74, 6) is -0.0807. The van der Waals surface area contributed by atoms with Crippen molar-refractivity contribution in [3.05, 3.63) is 58.8 Å². The van der Waals surface area contributed by atoms with Crippen molar-refractivity contribution >= 4 is 44.1 Å². The molecule has 5 nitrogen and oxygen atoms in total. The van der Waals surface area contributed by atoms with Gasteiger partial charge in [0.2, 0.25) is 0 Å². The van der Waals surface area contributed by atoms with Crippen LogP contribution < -0.4 is 10.6 Å². The average Bonchev–Trinajstić information content (AvgIpc) is 3.22. The van der Waals surface area contributed by atoms with Gasteiger partial charge < -0.3 is 15.1 Å². The molecule has 4 rings (SSSR count). The van der Waals surface area contributed by atoms with Crippen molar-refractivity contribution in [2.75, 3.05) is 18.9 Å². The quantitative estimate of drug-likeness (QED) is 0.551. The number of thiophene rings is 1. The highest BCUT2D eigenvalue weighted by Crippen LogP contribution is 2.34. The highest BCUT2D eigenvalue weighted by atomic mass is 32.1. The molecule has 26 heavy (non-hydrogen) atoms. The molecule has 0 spiro atoms. The van der Waals surface area contributed by atoms with E-state index < -0.39 is 0 Å². The largest absolute Gasteiger partial charge is 0.464 e. The number of pyridine rings is 1. The van der Waals surface area contributed by atoms with Gasteiger partial charge in [0, 0.05) is 30.1 Å². The first-order valence-electron chi connectivity index (χ1n) is 8.48. The first-order valence-corrected chi connectivity index (χ1v) is 9.30. The first kappa shape index (κ1) is 16.6. The topological polar surface area (TPSA) is 67.2 Å². The lowest BCUT2D eigenvalue weighted by Crippen LogP contribution is -2.25. The van der Waals surface area contributed by atoms with Crippen LogP contribution in [0.2, 0.25) is 0 Å². The standard InChI is InChI=1S/C20H19N3O2S/c1-12-7-8-15-17(21-2)18(26-20(15)23-12)19(24)22-10-9-13-11-25-16-6-4-3-5-14(13)16/h3-8,11,21H,9-10H2,1-2H3,(H,22,24). The molecule has 0 aliphatic heterocycles. The van der Waals surface area contributed by atoms with E-state index in [2.05, 4.69) is 15.6 Å². The van der Waals surface area contributed by atoms with E-state index in [1.54, 1.807) is 6.26 Å². The SMILES string of the molecule is CNc1c(C(=O)NCCc2coc3ccccc23)sc2nc(C)ccc12. The predicted molar refractivity (Wildman–Crippen MR) is 106 cm³/mol. The van der Waals surface area contributed by atoms with Gasteiger partial charge in [0.25, 0.3) is 5.91 Å². The monoisotopic (exact) mass is 365 g/mol. The predicted octanol–water partition coefficient (Wildman–Crippen LogP) is 4.37. The Morgan fingerprint density at radius 1 is 1.19 bits per heavy atom. The molecule has 6 heteroatoms. The fourth-order valence-corrected chi connectivity index (χ4v) is 4.24. The van der Waals surface area contributed by atoms with E-state index in [-0.39, 0.29) is 5.91 Å². The third-order valence-electron chi connectivity index (χ3n) is 4.39. The molecule has 0 fully saturated rings. The zero-order valence-electron chi connectivity index (χ0n) is 14.6. The molecule has 2 N–H and O–H groups in total. The lowest BCUT2D eigenvalue weighted by atomic mass is 10.1. The number of nitrogens with one attached hydrogen (secondary N) is 2. The summed E-state index contributed by atoms with van der Waals surface area (Å²) in [5.41, 5.74) is 3.75. The zero-order valence-corrected chi connectivity index (χ0v) is 15.4. The van der Waals surface area contributed by atoms with Crippen LogP contribution in [0.4, 0.5) is 5.69 Å². The summed E-state index contributed by atoms with van der Waals surface area (Å²) in [4.78, 5) is 18.7. The van der Waals surface area contributed by atoms with Crippen LogP contribution in [-0.2, 0) is 6.42 Å². The maximum Gasteiger partial charge on any atom is 0.263 e. The molecule has 0 aliphatic carbocycles. The summed E-state index contributed by atoms with van der Waals surface area (Å²) in [6.45, 7) is 2.50. The molecule has 1 amide bonds. The van der Waals surface area contributed by atoms with E-state index in [9.17, 15) is 4.79 Å². The number of fused-ring (bicyclic) bond motifs is 2. The summed E-state index contributed by atoms with van der Waals surface area (Å²) in [7, 11) is 1.83. The number of carbonyl (C=O) groups excluding carboxylic acids is 1. The average molecular weight is 365 g/mol. The van der Waals surface area contributed by atoms with Crippen molar-refractivity contribution in [3.8, 4) is 0 Å². The Bertz CT molecular complexity index is 1100. The number of rotatable bonds is 5. The van der Waals surface area contributed by atoms with Crippen molar-refractivity contribution in [1.29, 1.82) is 0 Å². The van der Waals surface area contributed by atoms with Gasteiger partial charge >= 0.3 is 0 Å². The summed E-state index contributed by atoms with van der Waals surface area (Å²) in [6.07, 6.45) is 2.49. The molecule has 0 unspecified atom stereocenters. The van der Waals surface area contributed by atoms with Crippen molar-refractivity contribution in [1.82, 2.24) is 10.3 Å². The number of furan rings is 1. The van der Waals surface area contributed by atoms with Gasteiger partial charge in [-0.1, -0.05) is 18.2 Å². The van der Waals surface area contributed by atoms with Gasteiger partial charge in [0.15, 0.2) is 0 Å². The van der Waals surface area contributed by atoms with Gasteiger partial charge in [0.1, 0.15) is 15.3 Å². The third-order valence-corrected chi connectivity index (χ3v) is 5.49. The molecular weight excluding hydrogens is 346 g/mol. The van der Waals surface area contributed by atoms with Crippen LogP contribution in [-0.4, -0.2) is 24.5 Å². The molecule has 4 aromatic rings. The lowest BCUT2D eigenvalue weighted by molar-refractivity contribution is 0.0959. The Kier molecular flexibility index (Phi) is 4.34. The van der Waals surface area contributed by atoms with Crippen molar-refractivity contribution in [2.24, 2.45) is 0 Å². The number of aryl methyl sites for hydroxylation is 1. The number of carbonyl (C=O) groups is 1. The highest BCUT2D eigenvalue weighted by Gasteiger charge is 2.18. The molecule has 0 aliphatic rings. The number of nitrogens with zero attached hydrogens (tertiary/aromatic N) is 1. The molecular formula is C20H19N3O2S. The minimum atomic E-state index is -0.0807. The van der Waals surface area contributed by atoms with Gasteiger partial charge in [-0.2, -0.15) is 0 Å². The second-order valence-corrected chi connectivity index (χ2v) is 7.12. The Balaban J connectivity index is 1.50. The van der Waals surface area contributed by atoms with E-state index in [0.717, 1.165) is 44.6 Å². The van der Waals surface area contributed by atoms with Crippen LogP contribution in [0.5, 0.6) is 0 Å². The molecule has 1 aromatic carbocycles. The van der Waals surface area contributed by atoms with Crippen molar-refractivity contribution < 1.29 is 9.21 Å². The van der Waals surface area contributed by atoms with Crippen LogP contribution in [0.25, 0.3) is 21.2 Å². The van der Waals surface area contributed by atoms with Crippen molar-refractivity contribution in [2.45, 2.75) is 13.3 Å². The third kappa shape index (κ3) is 2.93. The minimum Gasteiger partial charge on any atom is -0.464 e. The highest BCUT2D eigenvalue weighted by molar-refractivity contribution is 7.21. The summed E-state index contributed by atoms with van der Waals surface area (Å²) >= 11 is 1.42. The number of benzene rings is 1. The molecule has 0 atom stereocenters. The van der Waals surface area contributed by atoms with E-state index in [1.807, 2.05) is 50.4 Å². The Labute approximate surface area is 155 Å². The van der Waals surface area contributed by atoms with Crippen LogP contribution in [0.3, 0.4) is 0 Å². The van der Waals surface area contributed by atoms with Gasteiger partial charge in [0.05, 0.1) is 12.0 Å². The normalized spacial score (nSPS) is 11.2. The lowest BCUT2D eigenvalue weighted by Gasteiger charge is -2.05. The van der Waals surface area contributed by atoms with E-state index in [0.29, 0.717) is 11.4 Å². The molecule has 3 aromatic heterocycles.